The zero-order chi connectivity index (χ0) is 17.1. The summed E-state index contributed by atoms with van der Waals surface area (Å²) < 4.78 is 0. The number of aromatic nitrogens is 2. The second-order valence-electron chi connectivity index (χ2n) is 7.55. The fraction of sp³-hybridized carbons (Fsp3) is 0.524. The monoisotopic (exact) mass is 337 g/mol. The van der Waals surface area contributed by atoms with Gasteiger partial charge in [-0.05, 0) is 44.3 Å². The van der Waals surface area contributed by atoms with Gasteiger partial charge in [-0.15, -0.1) is 0 Å². The summed E-state index contributed by atoms with van der Waals surface area (Å²) >= 11 is 0. The summed E-state index contributed by atoms with van der Waals surface area (Å²) in [5, 5.41) is 3.40. The van der Waals surface area contributed by atoms with Crippen molar-refractivity contribution in [3.8, 4) is 0 Å². The van der Waals surface area contributed by atoms with Gasteiger partial charge in [-0.25, -0.2) is 4.98 Å². The van der Waals surface area contributed by atoms with Crippen molar-refractivity contribution >= 4 is 0 Å². The lowest BCUT2D eigenvalue weighted by atomic mass is 9.68. The number of nitrogens with zero attached hydrogens (tertiary/aromatic N) is 1. The molecule has 4 heteroatoms. The topological polar surface area (TPSA) is 57.8 Å². The summed E-state index contributed by atoms with van der Waals surface area (Å²) in [5.41, 5.74) is 2.14. The first kappa shape index (κ1) is 16.5. The van der Waals surface area contributed by atoms with E-state index < -0.39 is 0 Å². The van der Waals surface area contributed by atoms with Gasteiger partial charge in [-0.2, -0.15) is 0 Å². The van der Waals surface area contributed by atoms with E-state index >= 15 is 0 Å². The number of H-pyrrole nitrogens is 1. The second-order valence-corrected chi connectivity index (χ2v) is 7.55. The minimum absolute atomic E-state index is 0.000544. The molecule has 2 fully saturated rings. The van der Waals surface area contributed by atoms with Gasteiger partial charge in [0.1, 0.15) is 5.82 Å². The van der Waals surface area contributed by atoms with Gasteiger partial charge < -0.3 is 10.3 Å². The predicted octanol–water partition coefficient (Wildman–Crippen LogP) is 3.49. The quantitative estimate of drug-likeness (QED) is 0.901. The largest absolute Gasteiger partial charge is 0.317 e. The fourth-order valence-corrected chi connectivity index (χ4v) is 4.60. The maximum atomic E-state index is 12.5. The average Bonchev–Trinajstić information content (AvgIpc) is 2.69. The van der Waals surface area contributed by atoms with Crippen LogP contribution in [0.5, 0.6) is 0 Å². The van der Waals surface area contributed by atoms with Gasteiger partial charge in [0.25, 0.3) is 5.56 Å². The smallest absolute Gasteiger partial charge is 0.251 e. The van der Waals surface area contributed by atoms with Crippen LogP contribution in [0.2, 0.25) is 0 Å². The highest BCUT2D eigenvalue weighted by atomic mass is 16.1. The van der Waals surface area contributed by atoms with Crippen molar-refractivity contribution in [2.24, 2.45) is 0 Å². The Morgan fingerprint density at radius 3 is 2.44 bits per heavy atom. The first-order valence-corrected chi connectivity index (χ1v) is 9.66. The third kappa shape index (κ3) is 3.28. The van der Waals surface area contributed by atoms with Crippen molar-refractivity contribution in [2.45, 2.75) is 56.3 Å². The zero-order valence-corrected chi connectivity index (χ0v) is 14.8. The molecule has 2 aliphatic rings. The number of benzene rings is 1. The third-order valence-electron chi connectivity index (χ3n) is 6.01. The van der Waals surface area contributed by atoms with Gasteiger partial charge in [-0.3, -0.25) is 4.79 Å². The van der Waals surface area contributed by atoms with Crippen molar-refractivity contribution in [1.82, 2.24) is 15.3 Å². The molecule has 0 spiro atoms. The van der Waals surface area contributed by atoms with E-state index in [1.807, 2.05) is 0 Å². The SMILES string of the molecule is O=c1cc(C2CCNCC2)nc(C2(c3ccccc3)CCCCC2)[nH]1. The Bertz CT molecular complexity index is 756. The van der Waals surface area contributed by atoms with Crippen LogP contribution in [0.25, 0.3) is 0 Å². The Kier molecular flexibility index (Phi) is 4.71. The minimum Gasteiger partial charge on any atom is -0.317 e. The van der Waals surface area contributed by atoms with Gasteiger partial charge in [-0.1, -0.05) is 49.6 Å². The van der Waals surface area contributed by atoms with Crippen LogP contribution in [0, 0.1) is 0 Å². The number of nitrogens with one attached hydrogen (secondary N) is 2. The van der Waals surface area contributed by atoms with Crippen molar-refractivity contribution in [1.29, 1.82) is 0 Å². The summed E-state index contributed by atoms with van der Waals surface area (Å²) in [6, 6.07) is 12.4. The summed E-state index contributed by atoms with van der Waals surface area (Å²) in [6.07, 6.45) is 7.91. The molecule has 2 heterocycles. The van der Waals surface area contributed by atoms with E-state index in [-0.39, 0.29) is 11.0 Å². The van der Waals surface area contributed by atoms with Gasteiger partial charge in [0.05, 0.1) is 11.1 Å². The van der Waals surface area contributed by atoms with E-state index in [0.717, 1.165) is 50.3 Å². The van der Waals surface area contributed by atoms with Crippen LogP contribution in [0.4, 0.5) is 0 Å². The van der Waals surface area contributed by atoms with E-state index in [9.17, 15) is 4.79 Å². The van der Waals surface area contributed by atoms with Crippen LogP contribution in [0.3, 0.4) is 0 Å². The summed E-state index contributed by atoms with van der Waals surface area (Å²) in [7, 11) is 0. The van der Waals surface area contributed by atoms with Gasteiger partial charge >= 0.3 is 0 Å². The maximum Gasteiger partial charge on any atom is 0.251 e. The lowest BCUT2D eigenvalue weighted by molar-refractivity contribution is 0.327. The van der Waals surface area contributed by atoms with E-state index in [4.69, 9.17) is 4.98 Å². The highest BCUT2D eigenvalue weighted by Gasteiger charge is 2.38. The summed E-state index contributed by atoms with van der Waals surface area (Å²) in [4.78, 5) is 20.6. The van der Waals surface area contributed by atoms with Crippen molar-refractivity contribution in [3.63, 3.8) is 0 Å². The molecule has 1 saturated carbocycles. The molecule has 1 aromatic heterocycles. The normalized spacial score (nSPS) is 21.1. The Morgan fingerprint density at radius 2 is 1.72 bits per heavy atom. The average molecular weight is 337 g/mol. The third-order valence-corrected chi connectivity index (χ3v) is 6.01. The molecule has 1 aliphatic heterocycles. The van der Waals surface area contributed by atoms with Gasteiger partial charge in [0.15, 0.2) is 0 Å². The molecule has 0 bridgehead atoms. The standard InChI is InChI=1S/C21H27N3O/c25-19-15-18(16-9-13-22-14-10-16)23-20(24-19)21(11-5-2-6-12-21)17-7-3-1-4-8-17/h1,3-4,7-8,15-16,22H,2,5-6,9-14H2,(H,23,24,25). The number of rotatable bonds is 3. The highest BCUT2D eigenvalue weighted by molar-refractivity contribution is 5.34. The van der Waals surface area contributed by atoms with Crippen LogP contribution >= 0.6 is 0 Å². The Hall–Kier alpha value is -1.94. The zero-order valence-electron chi connectivity index (χ0n) is 14.8. The lowest BCUT2D eigenvalue weighted by Gasteiger charge is -2.37. The minimum atomic E-state index is -0.137. The van der Waals surface area contributed by atoms with Crippen LogP contribution < -0.4 is 10.9 Å². The van der Waals surface area contributed by atoms with Crippen LogP contribution in [0.15, 0.2) is 41.2 Å². The Labute approximate surface area is 149 Å². The summed E-state index contributed by atoms with van der Waals surface area (Å²) in [5.74, 6) is 1.29. The first-order valence-electron chi connectivity index (χ1n) is 9.66. The lowest BCUT2D eigenvalue weighted by Crippen LogP contribution is -2.35. The Morgan fingerprint density at radius 1 is 1.00 bits per heavy atom. The molecule has 2 N–H and O–H groups in total. The predicted molar refractivity (Wildman–Crippen MR) is 100 cm³/mol. The number of aromatic amines is 1. The molecule has 4 nitrogen and oxygen atoms in total. The maximum absolute atomic E-state index is 12.5. The molecule has 132 valence electrons. The molecule has 0 atom stereocenters. The number of piperidine rings is 1. The Balaban J connectivity index is 1.79. The molecular formula is C21H27N3O. The fourth-order valence-electron chi connectivity index (χ4n) is 4.60. The van der Waals surface area contributed by atoms with E-state index in [1.165, 1.54) is 24.8 Å². The van der Waals surface area contributed by atoms with Gasteiger partial charge in [0.2, 0.25) is 0 Å². The molecule has 0 radical (unpaired) electrons. The molecule has 1 aromatic carbocycles. The summed E-state index contributed by atoms with van der Waals surface area (Å²) in [6.45, 7) is 2.02. The van der Waals surface area contributed by atoms with E-state index in [1.54, 1.807) is 6.07 Å². The molecule has 1 saturated heterocycles. The molecule has 0 amide bonds. The van der Waals surface area contributed by atoms with Crippen LogP contribution in [-0.2, 0) is 5.41 Å². The molecule has 4 rings (SSSR count). The van der Waals surface area contributed by atoms with Crippen molar-refractivity contribution < 1.29 is 0 Å². The highest BCUT2D eigenvalue weighted by Crippen LogP contribution is 2.43. The van der Waals surface area contributed by atoms with E-state index in [0.29, 0.717) is 5.92 Å². The second kappa shape index (κ2) is 7.12. The number of hydrogen-bond donors (Lipinski definition) is 2. The molecule has 2 aromatic rings. The molecule has 0 unspecified atom stereocenters. The molecule has 1 aliphatic carbocycles. The molecular weight excluding hydrogens is 310 g/mol. The van der Waals surface area contributed by atoms with Crippen LogP contribution in [-0.4, -0.2) is 23.1 Å². The van der Waals surface area contributed by atoms with E-state index in [2.05, 4.69) is 40.6 Å². The van der Waals surface area contributed by atoms with Crippen molar-refractivity contribution in [3.05, 3.63) is 63.8 Å². The molecule has 25 heavy (non-hydrogen) atoms. The van der Waals surface area contributed by atoms with Gasteiger partial charge in [0, 0.05) is 12.0 Å². The number of hydrogen-bond acceptors (Lipinski definition) is 3. The van der Waals surface area contributed by atoms with Crippen LogP contribution in [0.1, 0.15) is 67.9 Å². The first-order chi connectivity index (χ1) is 12.3. The van der Waals surface area contributed by atoms with Crippen molar-refractivity contribution in [2.75, 3.05) is 13.1 Å².